The van der Waals surface area contributed by atoms with E-state index >= 15 is 0 Å². The van der Waals surface area contributed by atoms with E-state index in [2.05, 4.69) is 41.5 Å². The Morgan fingerprint density at radius 1 is 1.19 bits per heavy atom. The SMILES string of the molecule is CCNC(=NCC1(N(C)C)CCOCC1)NC1CCN(C2CCCC2)C1. The summed E-state index contributed by atoms with van der Waals surface area (Å²) >= 11 is 0. The van der Waals surface area contributed by atoms with Gasteiger partial charge in [-0.1, -0.05) is 12.8 Å². The second-order valence-electron chi connectivity index (χ2n) is 8.49. The highest BCUT2D eigenvalue weighted by Crippen LogP contribution is 2.27. The van der Waals surface area contributed by atoms with Gasteiger partial charge in [0.25, 0.3) is 0 Å². The van der Waals surface area contributed by atoms with Gasteiger partial charge in [-0.2, -0.15) is 0 Å². The molecule has 0 amide bonds. The zero-order valence-corrected chi connectivity index (χ0v) is 17.1. The molecule has 2 N–H and O–H groups in total. The number of aliphatic imine (C=N–C) groups is 1. The maximum absolute atomic E-state index is 5.59. The number of hydrogen-bond donors (Lipinski definition) is 2. The Bertz CT molecular complexity index is 455. The smallest absolute Gasteiger partial charge is 0.191 e. The average Bonchev–Trinajstić information content (AvgIpc) is 3.32. The van der Waals surface area contributed by atoms with E-state index in [1.54, 1.807) is 0 Å². The lowest BCUT2D eigenvalue weighted by molar-refractivity contribution is -0.00255. The first-order chi connectivity index (χ1) is 12.6. The van der Waals surface area contributed by atoms with Crippen molar-refractivity contribution in [1.29, 1.82) is 0 Å². The number of rotatable bonds is 6. The Kier molecular flexibility index (Phi) is 7.18. The Balaban J connectivity index is 1.56. The molecule has 0 spiro atoms. The number of ether oxygens (including phenoxy) is 1. The van der Waals surface area contributed by atoms with Crippen LogP contribution in [0.15, 0.2) is 4.99 Å². The maximum atomic E-state index is 5.59. The van der Waals surface area contributed by atoms with Crippen LogP contribution in [0.25, 0.3) is 0 Å². The van der Waals surface area contributed by atoms with Crippen molar-refractivity contribution in [2.75, 3.05) is 53.5 Å². The molecule has 1 saturated carbocycles. The molecular formula is C20H39N5O. The Morgan fingerprint density at radius 3 is 2.58 bits per heavy atom. The number of guanidine groups is 1. The van der Waals surface area contributed by atoms with Gasteiger partial charge in [-0.3, -0.25) is 9.89 Å². The van der Waals surface area contributed by atoms with E-state index in [1.807, 2.05) is 0 Å². The summed E-state index contributed by atoms with van der Waals surface area (Å²) < 4.78 is 5.59. The predicted molar refractivity (Wildman–Crippen MR) is 108 cm³/mol. The van der Waals surface area contributed by atoms with Gasteiger partial charge in [-0.15, -0.1) is 0 Å². The molecule has 2 saturated heterocycles. The summed E-state index contributed by atoms with van der Waals surface area (Å²) in [6.07, 6.45) is 8.97. The van der Waals surface area contributed by atoms with Crippen LogP contribution in [0.2, 0.25) is 0 Å². The number of likely N-dealkylation sites (tertiary alicyclic amines) is 1. The third-order valence-corrected chi connectivity index (χ3v) is 6.65. The van der Waals surface area contributed by atoms with Gasteiger partial charge in [0.2, 0.25) is 0 Å². The summed E-state index contributed by atoms with van der Waals surface area (Å²) in [6, 6.07) is 1.36. The molecule has 0 bridgehead atoms. The molecule has 3 fully saturated rings. The molecule has 1 unspecified atom stereocenters. The standard InChI is InChI=1S/C20H39N5O/c1-4-21-19(22-16-20(24(2)3)10-13-26-14-11-20)23-17-9-12-25(15-17)18-7-5-6-8-18/h17-18H,4-16H2,1-3H3,(H2,21,22,23). The summed E-state index contributed by atoms with van der Waals surface area (Å²) in [5.74, 6) is 0.985. The molecule has 1 aliphatic carbocycles. The van der Waals surface area contributed by atoms with Crippen molar-refractivity contribution >= 4 is 5.96 Å². The second kappa shape index (κ2) is 9.38. The monoisotopic (exact) mass is 365 g/mol. The van der Waals surface area contributed by atoms with Crippen molar-refractivity contribution in [3.05, 3.63) is 0 Å². The van der Waals surface area contributed by atoms with E-state index in [9.17, 15) is 0 Å². The summed E-state index contributed by atoms with van der Waals surface area (Å²) in [5, 5.41) is 7.17. The number of hydrogen-bond acceptors (Lipinski definition) is 4. The van der Waals surface area contributed by atoms with E-state index in [0.29, 0.717) is 6.04 Å². The molecule has 2 aliphatic heterocycles. The highest BCUT2D eigenvalue weighted by Gasteiger charge is 2.35. The third kappa shape index (κ3) is 4.90. The summed E-state index contributed by atoms with van der Waals surface area (Å²) in [6.45, 7) is 7.98. The molecule has 6 heteroatoms. The van der Waals surface area contributed by atoms with Crippen molar-refractivity contribution < 1.29 is 4.74 Å². The van der Waals surface area contributed by atoms with Gasteiger partial charge in [-0.05, 0) is 53.1 Å². The first-order valence-corrected chi connectivity index (χ1v) is 10.7. The molecule has 3 aliphatic rings. The molecule has 1 atom stereocenters. The van der Waals surface area contributed by atoms with E-state index in [4.69, 9.17) is 9.73 Å². The van der Waals surface area contributed by atoms with E-state index < -0.39 is 0 Å². The molecule has 0 aromatic heterocycles. The fraction of sp³-hybridized carbons (Fsp3) is 0.950. The molecule has 0 radical (unpaired) electrons. The van der Waals surface area contributed by atoms with Crippen LogP contribution in [-0.4, -0.2) is 86.9 Å². The maximum Gasteiger partial charge on any atom is 0.191 e. The highest BCUT2D eigenvalue weighted by molar-refractivity contribution is 5.80. The Labute approximate surface area is 159 Å². The number of nitrogens with one attached hydrogen (secondary N) is 2. The quantitative estimate of drug-likeness (QED) is 0.554. The minimum absolute atomic E-state index is 0.131. The topological polar surface area (TPSA) is 52.1 Å². The van der Waals surface area contributed by atoms with Gasteiger partial charge in [0.1, 0.15) is 0 Å². The Hall–Kier alpha value is -0.850. The average molecular weight is 366 g/mol. The number of nitrogens with zero attached hydrogens (tertiary/aromatic N) is 3. The Morgan fingerprint density at radius 2 is 1.92 bits per heavy atom. The fourth-order valence-corrected chi connectivity index (χ4v) is 4.74. The van der Waals surface area contributed by atoms with Gasteiger partial charge < -0.3 is 20.3 Å². The van der Waals surface area contributed by atoms with Crippen LogP contribution in [0.3, 0.4) is 0 Å². The van der Waals surface area contributed by atoms with Gasteiger partial charge in [0, 0.05) is 50.5 Å². The lowest BCUT2D eigenvalue weighted by atomic mass is 9.89. The molecule has 26 heavy (non-hydrogen) atoms. The summed E-state index contributed by atoms with van der Waals surface area (Å²) in [7, 11) is 4.36. The predicted octanol–water partition coefficient (Wildman–Crippen LogP) is 1.67. The largest absolute Gasteiger partial charge is 0.381 e. The molecule has 0 aromatic carbocycles. The normalized spacial score (nSPS) is 28.0. The molecule has 3 rings (SSSR count). The van der Waals surface area contributed by atoms with Crippen molar-refractivity contribution in [3.8, 4) is 0 Å². The van der Waals surface area contributed by atoms with Crippen LogP contribution < -0.4 is 10.6 Å². The molecular weight excluding hydrogens is 326 g/mol. The highest BCUT2D eigenvalue weighted by atomic mass is 16.5. The van der Waals surface area contributed by atoms with Crippen LogP contribution in [0, 0.1) is 0 Å². The number of likely N-dealkylation sites (N-methyl/N-ethyl adjacent to an activating group) is 1. The van der Waals surface area contributed by atoms with Crippen molar-refractivity contribution in [3.63, 3.8) is 0 Å². The molecule has 0 aromatic rings. The van der Waals surface area contributed by atoms with Gasteiger partial charge in [0.15, 0.2) is 5.96 Å². The van der Waals surface area contributed by atoms with Crippen LogP contribution in [0.5, 0.6) is 0 Å². The fourth-order valence-electron chi connectivity index (χ4n) is 4.74. The lowest BCUT2D eigenvalue weighted by Crippen LogP contribution is -2.52. The van der Waals surface area contributed by atoms with Crippen LogP contribution in [-0.2, 0) is 4.74 Å². The van der Waals surface area contributed by atoms with E-state index in [-0.39, 0.29) is 5.54 Å². The van der Waals surface area contributed by atoms with Crippen molar-refractivity contribution in [2.45, 2.75) is 69.5 Å². The molecule has 6 nitrogen and oxygen atoms in total. The molecule has 150 valence electrons. The molecule has 2 heterocycles. The lowest BCUT2D eigenvalue weighted by Gasteiger charge is -2.41. The third-order valence-electron chi connectivity index (χ3n) is 6.65. The van der Waals surface area contributed by atoms with Gasteiger partial charge in [-0.25, -0.2) is 0 Å². The van der Waals surface area contributed by atoms with E-state index in [0.717, 1.165) is 51.1 Å². The minimum atomic E-state index is 0.131. The zero-order valence-electron chi connectivity index (χ0n) is 17.1. The minimum Gasteiger partial charge on any atom is -0.381 e. The van der Waals surface area contributed by atoms with Crippen molar-refractivity contribution in [2.24, 2.45) is 4.99 Å². The summed E-state index contributed by atoms with van der Waals surface area (Å²) in [5.41, 5.74) is 0.131. The van der Waals surface area contributed by atoms with E-state index in [1.165, 1.54) is 45.2 Å². The van der Waals surface area contributed by atoms with Gasteiger partial charge >= 0.3 is 0 Å². The van der Waals surface area contributed by atoms with Crippen LogP contribution in [0.4, 0.5) is 0 Å². The van der Waals surface area contributed by atoms with Crippen molar-refractivity contribution in [1.82, 2.24) is 20.4 Å². The van der Waals surface area contributed by atoms with Crippen LogP contribution in [0.1, 0.15) is 51.9 Å². The first kappa shape index (κ1) is 19.9. The first-order valence-electron chi connectivity index (χ1n) is 10.7. The van der Waals surface area contributed by atoms with Crippen LogP contribution >= 0.6 is 0 Å². The second-order valence-corrected chi connectivity index (χ2v) is 8.49. The zero-order chi connectivity index (χ0) is 18.4. The van der Waals surface area contributed by atoms with Gasteiger partial charge in [0.05, 0.1) is 6.54 Å². The summed E-state index contributed by atoms with van der Waals surface area (Å²) in [4.78, 5) is 10.0.